The Kier molecular flexibility index (Phi) is 3.46. The highest BCUT2D eigenvalue weighted by Crippen LogP contribution is 2.32. The third-order valence-electron chi connectivity index (χ3n) is 3.81. The van der Waals surface area contributed by atoms with E-state index in [2.05, 4.69) is 13.8 Å². The number of benzene rings is 1. The van der Waals surface area contributed by atoms with Gasteiger partial charge in [0.2, 0.25) is 0 Å². The van der Waals surface area contributed by atoms with E-state index in [-0.39, 0.29) is 11.9 Å². The van der Waals surface area contributed by atoms with Crippen LogP contribution in [0.5, 0.6) is 0 Å². The summed E-state index contributed by atoms with van der Waals surface area (Å²) in [5.74, 6) is 0.235. The summed E-state index contributed by atoms with van der Waals surface area (Å²) >= 11 is 0. The van der Waals surface area contributed by atoms with Crippen LogP contribution in [0.2, 0.25) is 0 Å². The number of anilines is 1. The van der Waals surface area contributed by atoms with E-state index >= 15 is 0 Å². The van der Waals surface area contributed by atoms with E-state index in [1.165, 1.54) is 12.5 Å². The Morgan fingerprint density at radius 1 is 1.41 bits per heavy atom. The Morgan fingerprint density at radius 2 is 2.18 bits per heavy atom. The second-order valence-corrected chi connectivity index (χ2v) is 4.85. The number of piperidine rings is 1. The summed E-state index contributed by atoms with van der Waals surface area (Å²) in [5, 5.41) is 0. The van der Waals surface area contributed by atoms with Crippen molar-refractivity contribution in [3.63, 3.8) is 0 Å². The Bertz CT molecular complexity index is 419. The minimum atomic E-state index is -0.296. The Balaban J connectivity index is 2.41. The number of para-hydroxylation sites is 1. The van der Waals surface area contributed by atoms with Gasteiger partial charge in [0.15, 0.2) is 6.29 Å². The summed E-state index contributed by atoms with van der Waals surface area (Å²) < 4.78 is 13.9. The molecule has 0 saturated carbocycles. The minimum absolute atomic E-state index is 0.277. The number of rotatable bonds is 2. The van der Waals surface area contributed by atoms with Crippen LogP contribution in [0.3, 0.4) is 0 Å². The smallest absolute Gasteiger partial charge is 0.152 e. The van der Waals surface area contributed by atoms with Crippen LogP contribution in [0.15, 0.2) is 18.2 Å². The molecule has 0 aromatic heterocycles. The molecule has 2 nitrogen and oxygen atoms in total. The summed E-state index contributed by atoms with van der Waals surface area (Å²) in [6.07, 6.45) is 2.96. The first-order valence-electron chi connectivity index (χ1n) is 6.15. The van der Waals surface area contributed by atoms with Gasteiger partial charge >= 0.3 is 0 Å². The molecule has 0 radical (unpaired) electrons. The van der Waals surface area contributed by atoms with Crippen LogP contribution in [-0.4, -0.2) is 18.9 Å². The molecule has 1 saturated heterocycles. The van der Waals surface area contributed by atoms with E-state index in [1.807, 2.05) is 4.90 Å². The van der Waals surface area contributed by atoms with Gasteiger partial charge in [-0.3, -0.25) is 4.79 Å². The molecule has 1 aliphatic heterocycles. The van der Waals surface area contributed by atoms with Gasteiger partial charge < -0.3 is 4.90 Å². The zero-order chi connectivity index (χ0) is 12.4. The fourth-order valence-electron chi connectivity index (χ4n) is 2.58. The molecule has 0 amide bonds. The van der Waals surface area contributed by atoms with Gasteiger partial charge in [0, 0.05) is 18.2 Å². The van der Waals surface area contributed by atoms with Crippen LogP contribution in [0.1, 0.15) is 37.0 Å². The zero-order valence-corrected chi connectivity index (χ0v) is 10.3. The molecule has 1 aromatic carbocycles. The number of carbonyl (C=O) groups excluding carboxylic acids is 1. The molecular formula is C14H18FNO. The highest BCUT2D eigenvalue weighted by Gasteiger charge is 2.28. The van der Waals surface area contributed by atoms with Crippen molar-refractivity contribution in [3.8, 4) is 0 Å². The van der Waals surface area contributed by atoms with Gasteiger partial charge in [-0.2, -0.15) is 0 Å². The number of aldehydes is 1. The summed E-state index contributed by atoms with van der Waals surface area (Å²) in [7, 11) is 0. The lowest BCUT2D eigenvalue weighted by molar-refractivity contribution is 0.112. The SMILES string of the molecule is CC1CCCN(c2c(F)cccc2C=O)C1C. The Morgan fingerprint density at radius 3 is 2.88 bits per heavy atom. The molecule has 2 atom stereocenters. The van der Waals surface area contributed by atoms with Crippen LogP contribution in [0.25, 0.3) is 0 Å². The predicted molar refractivity (Wildman–Crippen MR) is 67.0 cm³/mol. The standard InChI is InChI=1S/C14H18FNO/c1-10-5-4-8-16(11(10)2)14-12(9-17)6-3-7-13(14)15/h3,6-7,9-11H,4-5,8H2,1-2H3. The molecule has 1 fully saturated rings. The van der Waals surface area contributed by atoms with Crippen molar-refractivity contribution in [1.82, 2.24) is 0 Å². The topological polar surface area (TPSA) is 20.3 Å². The number of halogens is 1. The molecule has 0 N–H and O–H groups in total. The summed E-state index contributed by atoms with van der Waals surface area (Å²) in [6, 6.07) is 4.96. The molecule has 92 valence electrons. The first kappa shape index (κ1) is 12.1. The van der Waals surface area contributed by atoms with Gasteiger partial charge in [0.05, 0.1) is 5.69 Å². The Hall–Kier alpha value is -1.38. The highest BCUT2D eigenvalue weighted by molar-refractivity contribution is 5.85. The van der Waals surface area contributed by atoms with E-state index in [4.69, 9.17) is 0 Å². The quantitative estimate of drug-likeness (QED) is 0.733. The summed E-state index contributed by atoms with van der Waals surface area (Å²) in [6.45, 7) is 5.11. The highest BCUT2D eigenvalue weighted by atomic mass is 19.1. The molecule has 17 heavy (non-hydrogen) atoms. The van der Waals surface area contributed by atoms with Crippen molar-refractivity contribution >= 4 is 12.0 Å². The van der Waals surface area contributed by atoms with E-state index in [9.17, 15) is 9.18 Å². The fraction of sp³-hybridized carbons (Fsp3) is 0.500. The van der Waals surface area contributed by atoms with E-state index in [1.54, 1.807) is 12.1 Å². The Labute approximate surface area is 101 Å². The van der Waals surface area contributed by atoms with Crippen molar-refractivity contribution in [3.05, 3.63) is 29.6 Å². The number of hydrogen-bond donors (Lipinski definition) is 0. The third kappa shape index (κ3) is 2.19. The molecule has 1 aromatic rings. The number of hydrogen-bond acceptors (Lipinski definition) is 2. The molecule has 0 spiro atoms. The van der Waals surface area contributed by atoms with E-state index in [0.717, 1.165) is 19.3 Å². The molecular weight excluding hydrogens is 217 g/mol. The van der Waals surface area contributed by atoms with Crippen LogP contribution < -0.4 is 4.90 Å². The normalized spacial score (nSPS) is 24.8. The van der Waals surface area contributed by atoms with E-state index < -0.39 is 0 Å². The van der Waals surface area contributed by atoms with Crippen molar-refractivity contribution in [2.75, 3.05) is 11.4 Å². The average Bonchev–Trinajstić information content (AvgIpc) is 2.33. The lowest BCUT2D eigenvalue weighted by Crippen LogP contribution is -2.43. The van der Waals surface area contributed by atoms with Crippen molar-refractivity contribution in [2.45, 2.75) is 32.7 Å². The van der Waals surface area contributed by atoms with Crippen LogP contribution in [-0.2, 0) is 0 Å². The second kappa shape index (κ2) is 4.86. The van der Waals surface area contributed by atoms with Gasteiger partial charge in [-0.1, -0.05) is 13.0 Å². The fourth-order valence-corrected chi connectivity index (χ4v) is 2.58. The molecule has 2 unspecified atom stereocenters. The number of carbonyl (C=O) groups is 1. The predicted octanol–water partition coefficient (Wildman–Crippen LogP) is 3.26. The van der Waals surface area contributed by atoms with Crippen LogP contribution >= 0.6 is 0 Å². The third-order valence-corrected chi connectivity index (χ3v) is 3.81. The van der Waals surface area contributed by atoms with Gasteiger partial charge in [0.1, 0.15) is 5.82 Å². The zero-order valence-electron chi connectivity index (χ0n) is 10.3. The maximum atomic E-state index is 13.9. The van der Waals surface area contributed by atoms with Gasteiger partial charge in [-0.15, -0.1) is 0 Å². The first-order chi connectivity index (χ1) is 8.15. The molecule has 3 heteroatoms. The van der Waals surface area contributed by atoms with Crippen molar-refractivity contribution in [2.24, 2.45) is 5.92 Å². The maximum absolute atomic E-state index is 13.9. The molecule has 0 bridgehead atoms. The van der Waals surface area contributed by atoms with Crippen LogP contribution in [0.4, 0.5) is 10.1 Å². The van der Waals surface area contributed by atoms with Gasteiger partial charge in [-0.05, 0) is 37.8 Å². The lowest BCUT2D eigenvalue weighted by atomic mass is 9.91. The summed E-state index contributed by atoms with van der Waals surface area (Å²) in [5.41, 5.74) is 0.924. The number of nitrogens with zero attached hydrogens (tertiary/aromatic N) is 1. The van der Waals surface area contributed by atoms with Gasteiger partial charge in [-0.25, -0.2) is 4.39 Å². The van der Waals surface area contributed by atoms with E-state index in [0.29, 0.717) is 17.2 Å². The summed E-state index contributed by atoms with van der Waals surface area (Å²) in [4.78, 5) is 13.1. The van der Waals surface area contributed by atoms with Gasteiger partial charge in [0.25, 0.3) is 0 Å². The largest absolute Gasteiger partial charge is 0.366 e. The second-order valence-electron chi connectivity index (χ2n) is 4.85. The molecule has 1 heterocycles. The van der Waals surface area contributed by atoms with Crippen molar-refractivity contribution < 1.29 is 9.18 Å². The van der Waals surface area contributed by atoms with Crippen LogP contribution in [0, 0.1) is 11.7 Å². The average molecular weight is 235 g/mol. The monoisotopic (exact) mass is 235 g/mol. The minimum Gasteiger partial charge on any atom is -0.366 e. The lowest BCUT2D eigenvalue weighted by Gasteiger charge is -2.40. The maximum Gasteiger partial charge on any atom is 0.152 e. The molecule has 0 aliphatic carbocycles. The first-order valence-corrected chi connectivity index (χ1v) is 6.15. The van der Waals surface area contributed by atoms with Crippen molar-refractivity contribution in [1.29, 1.82) is 0 Å². The molecule has 2 rings (SSSR count). The molecule has 1 aliphatic rings.